The first kappa shape index (κ1) is 17.7. The average molecular weight is 355 g/mol. The number of aromatic nitrogens is 3. The molecule has 0 spiro atoms. The maximum absolute atomic E-state index is 12.2. The van der Waals surface area contributed by atoms with E-state index in [2.05, 4.69) is 24.0 Å². The molecule has 0 bridgehead atoms. The van der Waals surface area contributed by atoms with Crippen LogP contribution in [0.15, 0.2) is 41.5 Å². The molecular formula is C19H21N3O4. The molecule has 0 amide bonds. The molecule has 2 aliphatic heterocycles. The SMILES string of the molecule is COC(=O)c1cn([C@@H](c2ccc(OC)cc2)C(C)C)cc2c(=O)[nH]nc1-2. The second kappa shape index (κ2) is 7.03. The molecule has 0 radical (unpaired) electrons. The van der Waals surface area contributed by atoms with Gasteiger partial charge in [0.25, 0.3) is 5.56 Å². The predicted octanol–water partition coefficient (Wildman–Crippen LogP) is 2.72. The number of pyridine rings is 1. The highest BCUT2D eigenvalue weighted by Crippen LogP contribution is 2.31. The number of rotatable bonds is 5. The Morgan fingerprint density at radius 3 is 2.42 bits per heavy atom. The van der Waals surface area contributed by atoms with Crippen LogP contribution in [0.4, 0.5) is 0 Å². The van der Waals surface area contributed by atoms with E-state index in [4.69, 9.17) is 9.47 Å². The van der Waals surface area contributed by atoms with Crippen LogP contribution in [-0.4, -0.2) is 35.0 Å². The molecule has 0 saturated carbocycles. The van der Waals surface area contributed by atoms with Gasteiger partial charge in [0, 0.05) is 12.4 Å². The third-order valence-corrected chi connectivity index (χ3v) is 4.40. The lowest BCUT2D eigenvalue weighted by molar-refractivity contribution is 0.0600. The molecule has 1 atom stereocenters. The van der Waals surface area contributed by atoms with Crippen LogP contribution in [0.2, 0.25) is 0 Å². The largest absolute Gasteiger partial charge is 0.497 e. The van der Waals surface area contributed by atoms with Crippen molar-refractivity contribution < 1.29 is 14.3 Å². The first-order valence-corrected chi connectivity index (χ1v) is 8.28. The number of methoxy groups -OCH3 is 2. The van der Waals surface area contributed by atoms with Gasteiger partial charge in [0.05, 0.1) is 25.8 Å². The van der Waals surface area contributed by atoms with E-state index in [-0.39, 0.29) is 23.1 Å². The molecule has 136 valence electrons. The standard InChI is InChI=1S/C19H21N3O4/c1-11(2)17(12-5-7-13(25-3)8-6-12)22-9-14-16(20-21-18(14)23)15(10-22)19(24)26-4/h5-11,17H,1-4H3,(H,21,23)/t17-/m1/s1. The molecule has 0 unspecified atom stereocenters. The minimum absolute atomic E-state index is 0.0805. The zero-order valence-corrected chi connectivity index (χ0v) is 15.1. The number of nitrogens with zero attached hydrogens (tertiary/aromatic N) is 2. The highest BCUT2D eigenvalue weighted by molar-refractivity contribution is 5.95. The summed E-state index contributed by atoms with van der Waals surface area (Å²) in [5, 5.41) is 6.36. The van der Waals surface area contributed by atoms with Crippen LogP contribution in [0.1, 0.15) is 35.8 Å². The van der Waals surface area contributed by atoms with Gasteiger partial charge in [-0.15, -0.1) is 0 Å². The fourth-order valence-corrected chi connectivity index (χ4v) is 3.18. The zero-order valence-electron chi connectivity index (χ0n) is 15.1. The molecule has 1 aromatic carbocycles. The summed E-state index contributed by atoms with van der Waals surface area (Å²) in [6.07, 6.45) is 3.41. The second-order valence-corrected chi connectivity index (χ2v) is 6.39. The number of carbonyl (C=O) groups excluding carboxylic acids is 1. The molecule has 0 aliphatic carbocycles. The van der Waals surface area contributed by atoms with Crippen molar-refractivity contribution in [3.8, 4) is 17.0 Å². The summed E-state index contributed by atoms with van der Waals surface area (Å²) in [7, 11) is 2.93. The molecule has 2 aliphatic rings. The van der Waals surface area contributed by atoms with Crippen molar-refractivity contribution in [2.75, 3.05) is 14.2 Å². The van der Waals surface area contributed by atoms with Crippen molar-refractivity contribution >= 4 is 5.97 Å². The molecule has 3 rings (SSSR count). The molecule has 1 aromatic rings. The summed E-state index contributed by atoms with van der Waals surface area (Å²) in [6, 6.07) is 7.66. The topological polar surface area (TPSA) is 86.2 Å². The van der Waals surface area contributed by atoms with Crippen LogP contribution in [0.25, 0.3) is 11.3 Å². The Bertz CT molecular complexity index is 940. The maximum Gasteiger partial charge on any atom is 0.341 e. The molecule has 0 aromatic heterocycles. The van der Waals surface area contributed by atoms with Crippen LogP contribution < -0.4 is 10.3 Å². The first-order chi connectivity index (χ1) is 12.5. The Hall–Kier alpha value is -3.09. The molecule has 2 heterocycles. The summed E-state index contributed by atoms with van der Waals surface area (Å²) >= 11 is 0. The summed E-state index contributed by atoms with van der Waals surface area (Å²) < 4.78 is 12.0. The van der Waals surface area contributed by atoms with Crippen LogP contribution in [0.5, 0.6) is 5.75 Å². The fraction of sp³-hybridized carbons (Fsp3) is 0.316. The molecule has 0 fully saturated rings. The molecule has 1 N–H and O–H groups in total. The maximum atomic E-state index is 12.2. The molecule has 7 nitrogen and oxygen atoms in total. The van der Waals surface area contributed by atoms with Gasteiger partial charge in [0.15, 0.2) is 0 Å². The summed E-state index contributed by atoms with van der Waals surface area (Å²) in [4.78, 5) is 24.3. The lowest BCUT2D eigenvalue weighted by Gasteiger charge is -2.26. The summed E-state index contributed by atoms with van der Waals surface area (Å²) in [5.41, 5.74) is 1.62. The molecular weight excluding hydrogens is 334 g/mol. The van der Waals surface area contributed by atoms with Gasteiger partial charge in [-0.2, -0.15) is 5.10 Å². The highest BCUT2D eigenvalue weighted by Gasteiger charge is 2.25. The first-order valence-electron chi connectivity index (χ1n) is 8.28. The van der Waals surface area contributed by atoms with Crippen LogP contribution in [0.3, 0.4) is 0 Å². The summed E-state index contributed by atoms with van der Waals surface area (Å²) in [5.74, 6) is 0.440. The predicted molar refractivity (Wildman–Crippen MR) is 96.8 cm³/mol. The van der Waals surface area contributed by atoms with Gasteiger partial charge in [0.2, 0.25) is 0 Å². The molecule has 7 heteroatoms. The number of fused-ring (bicyclic) bond motifs is 1. The molecule has 0 saturated heterocycles. The zero-order chi connectivity index (χ0) is 18.8. The van der Waals surface area contributed by atoms with Crippen molar-refractivity contribution in [1.82, 2.24) is 14.8 Å². The molecule has 26 heavy (non-hydrogen) atoms. The van der Waals surface area contributed by atoms with E-state index in [0.717, 1.165) is 11.3 Å². The monoisotopic (exact) mass is 355 g/mol. The third kappa shape index (κ3) is 3.08. The van der Waals surface area contributed by atoms with Crippen molar-refractivity contribution in [3.63, 3.8) is 0 Å². The van der Waals surface area contributed by atoms with Crippen molar-refractivity contribution in [3.05, 3.63) is 58.1 Å². The van der Waals surface area contributed by atoms with Gasteiger partial charge < -0.3 is 14.0 Å². The van der Waals surface area contributed by atoms with Gasteiger partial charge in [-0.1, -0.05) is 26.0 Å². The van der Waals surface area contributed by atoms with E-state index in [0.29, 0.717) is 11.3 Å². The van der Waals surface area contributed by atoms with E-state index in [1.54, 1.807) is 19.5 Å². The minimum atomic E-state index is -0.534. The number of aromatic amines is 1. The van der Waals surface area contributed by atoms with Gasteiger partial charge >= 0.3 is 5.97 Å². The number of hydrogen-bond donors (Lipinski definition) is 1. The number of carbonyl (C=O) groups is 1. The van der Waals surface area contributed by atoms with E-state index in [9.17, 15) is 9.59 Å². The number of nitrogens with one attached hydrogen (secondary N) is 1. The lowest BCUT2D eigenvalue weighted by Crippen LogP contribution is -2.20. The Balaban J connectivity index is 2.19. The van der Waals surface area contributed by atoms with Crippen molar-refractivity contribution in [1.29, 1.82) is 0 Å². The minimum Gasteiger partial charge on any atom is -0.497 e. The number of esters is 1. The van der Waals surface area contributed by atoms with Gasteiger partial charge in [-0.3, -0.25) is 4.79 Å². The second-order valence-electron chi connectivity index (χ2n) is 6.39. The number of hydrogen-bond acceptors (Lipinski definition) is 5. The number of H-pyrrole nitrogens is 1. The Morgan fingerprint density at radius 2 is 1.85 bits per heavy atom. The Morgan fingerprint density at radius 1 is 1.15 bits per heavy atom. The van der Waals surface area contributed by atoms with Crippen molar-refractivity contribution in [2.24, 2.45) is 5.92 Å². The normalized spacial score (nSPS) is 12.3. The highest BCUT2D eigenvalue weighted by atomic mass is 16.5. The van der Waals surface area contributed by atoms with E-state index >= 15 is 0 Å². The Labute approximate surface area is 150 Å². The average Bonchev–Trinajstić information content (AvgIpc) is 3.02. The van der Waals surface area contributed by atoms with E-state index < -0.39 is 5.97 Å². The third-order valence-electron chi connectivity index (χ3n) is 4.40. The van der Waals surface area contributed by atoms with Gasteiger partial charge in [-0.05, 0) is 23.6 Å². The lowest BCUT2D eigenvalue weighted by atomic mass is 9.94. The van der Waals surface area contributed by atoms with Crippen LogP contribution in [-0.2, 0) is 4.74 Å². The van der Waals surface area contributed by atoms with E-state index in [1.807, 2.05) is 28.8 Å². The smallest absolute Gasteiger partial charge is 0.341 e. The van der Waals surface area contributed by atoms with E-state index in [1.165, 1.54) is 7.11 Å². The fourth-order valence-electron chi connectivity index (χ4n) is 3.18. The number of benzene rings is 1. The Kier molecular flexibility index (Phi) is 4.79. The summed E-state index contributed by atoms with van der Waals surface area (Å²) in [6.45, 7) is 4.16. The quantitative estimate of drug-likeness (QED) is 0.711. The number of ether oxygens (including phenoxy) is 2. The van der Waals surface area contributed by atoms with Crippen LogP contribution in [0, 0.1) is 5.92 Å². The van der Waals surface area contributed by atoms with Crippen LogP contribution >= 0.6 is 0 Å². The van der Waals surface area contributed by atoms with Crippen molar-refractivity contribution in [2.45, 2.75) is 19.9 Å². The van der Waals surface area contributed by atoms with Gasteiger partial charge in [-0.25, -0.2) is 9.89 Å². The van der Waals surface area contributed by atoms with Gasteiger partial charge in [0.1, 0.15) is 17.0 Å².